The first kappa shape index (κ1) is 18.8. The fourth-order valence-corrected chi connectivity index (χ4v) is 2.57. The first-order chi connectivity index (χ1) is 9.99. The van der Waals surface area contributed by atoms with E-state index in [1.54, 1.807) is 12.1 Å². The summed E-state index contributed by atoms with van der Waals surface area (Å²) in [4.78, 5) is 2.25. The van der Waals surface area contributed by atoms with Gasteiger partial charge < -0.3 is 10.1 Å². The molecular weight excluding hydrogens is 317 g/mol. The third-order valence-electron chi connectivity index (χ3n) is 3.46. The molecule has 1 aliphatic heterocycles. The van der Waals surface area contributed by atoms with E-state index >= 15 is 0 Å². The molecule has 1 atom stereocenters. The number of nitrogens with one attached hydrogen (secondary N) is 1. The first-order valence-electron chi connectivity index (χ1n) is 6.91. The summed E-state index contributed by atoms with van der Waals surface area (Å²) < 4.78 is 41.0. The molecule has 0 unspecified atom stereocenters. The van der Waals surface area contributed by atoms with Gasteiger partial charge in [-0.25, -0.2) is 0 Å². The van der Waals surface area contributed by atoms with Gasteiger partial charge in [-0.3, -0.25) is 4.90 Å². The van der Waals surface area contributed by atoms with E-state index in [-0.39, 0.29) is 24.2 Å². The minimum atomic E-state index is -4.67. The summed E-state index contributed by atoms with van der Waals surface area (Å²) in [7, 11) is 0. The highest BCUT2D eigenvalue weighted by Gasteiger charge is 2.31. The van der Waals surface area contributed by atoms with Crippen molar-refractivity contribution in [3.8, 4) is 5.75 Å². The van der Waals surface area contributed by atoms with E-state index in [0.717, 1.165) is 31.7 Å². The summed E-state index contributed by atoms with van der Waals surface area (Å²) in [6.07, 6.45) is -2.18. The molecule has 0 saturated carbocycles. The smallest absolute Gasteiger partial charge is 0.406 e. The van der Waals surface area contributed by atoms with Gasteiger partial charge in [0.05, 0.1) is 0 Å². The Bertz CT molecular complexity index is 476. The number of benzene rings is 1. The average molecular weight is 337 g/mol. The van der Waals surface area contributed by atoms with Gasteiger partial charge in [0.25, 0.3) is 0 Å². The second kappa shape index (κ2) is 8.41. The van der Waals surface area contributed by atoms with E-state index in [9.17, 15) is 13.2 Å². The molecule has 0 aliphatic carbocycles. The average Bonchev–Trinajstić information content (AvgIpc) is 2.44. The van der Waals surface area contributed by atoms with Gasteiger partial charge in [0.1, 0.15) is 5.75 Å². The minimum Gasteiger partial charge on any atom is -0.406 e. The molecule has 0 radical (unpaired) electrons. The Balaban J connectivity index is 0.00000242. The highest BCUT2D eigenvalue weighted by Crippen LogP contribution is 2.30. The van der Waals surface area contributed by atoms with Gasteiger partial charge in [-0.05, 0) is 24.1 Å². The second-order valence-corrected chi connectivity index (χ2v) is 4.95. The molecule has 7 heteroatoms. The molecule has 0 aromatic heterocycles. The van der Waals surface area contributed by atoms with Crippen LogP contribution in [0.2, 0.25) is 0 Å². The van der Waals surface area contributed by atoms with Crippen LogP contribution in [0.4, 0.5) is 13.2 Å². The third kappa shape index (κ3) is 5.51. The molecule has 1 aromatic carbocycles. The number of rotatable bonds is 5. The predicted octanol–water partition coefficient (Wildman–Crippen LogP) is 3.53. The molecule has 2 rings (SSSR count). The van der Waals surface area contributed by atoms with Gasteiger partial charge in [-0.2, -0.15) is 0 Å². The van der Waals surface area contributed by atoms with Crippen LogP contribution in [0.25, 0.3) is 0 Å². The Kier molecular flexibility index (Phi) is 7.19. The van der Waals surface area contributed by atoms with E-state index in [2.05, 4.69) is 21.5 Å². The Morgan fingerprint density at radius 3 is 2.59 bits per heavy atom. The predicted molar refractivity (Wildman–Crippen MR) is 82.4 cm³/mol. The number of halogens is 4. The van der Waals surface area contributed by atoms with Gasteiger partial charge in [0.2, 0.25) is 0 Å². The van der Waals surface area contributed by atoms with Crippen molar-refractivity contribution in [1.82, 2.24) is 10.2 Å². The normalized spacial score (nSPS) is 17.4. The lowest BCUT2D eigenvalue weighted by atomic mass is 10.0. The van der Waals surface area contributed by atoms with E-state index in [0.29, 0.717) is 6.42 Å². The van der Waals surface area contributed by atoms with E-state index < -0.39 is 6.36 Å². The highest BCUT2D eigenvalue weighted by atomic mass is 35.5. The Morgan fingerprint density at radius 1 is 1.32 bits per heavy atom. The molecule has 1 aromatic rings. The molecule has 3 nitrogen and oxygen atoms in total. The van der Waals surface area contributed by atoms with Gasteiger partial charge in [-0.1, -0.05) is 18.2 Å². The van der Waals surface area contributed by atoms with Gasteiger partial charge in [-0.15, -0.1) is 32.2 Å². The molecule has 1 aliphatic rings. The molecule has 0 spiro atoms. The summed E-state index contributed by atoms with van der Waals surface area (Å²) in [5.74, 6) is -0.177. The van der Waals surface area contributed by atoms with Crippen LogP contribution in [0.3, 0.4) is 0 Å². The molecule has 124 valence electrons. The zero-order valence-electron chi connectivity index (χ0n) is 12.1. The molecule has 1 fully saturated rings. The van der Waals surface area contributed by atoms with Crippen LogP contribution in [0.5, 0.6) is 5.75 Å². The molecular formula is C15H20ClF3N2O. The van der Waals surface area contributed by atoms with E-state index in [4.69, 9.17) is 0 Å². The molecule has 0 amide bonds. The second-order valence-electron chi connectivity index (χ2n) is 4.95. The van der Waals surface area contributed by atoms with Crippen LogP contribution in [0, 0.1) is 0 Å². The lowest BCUT2D eigenvalue weighted by molar-refractivity contribution is -0.274. The molecule has 0 bridgehead atoms. The van der Waals surface area contributed by atoms with Crippen molar-refractivity contribution >= 4 is 12.4 Å². The van der Waals surface area contributed by atoms with Gasteiger partial charge in [0.15, 0.2) is 0 Å². The van der Waals surface area contributed by atoms with Crippen LogP contribution in [0.15, 0.2) is 36.9 Å². The monoisotopic (exact) mass is 336 g/mol. The lowest BCUT2D eigenvalue weighted by Gasteiger charge is -2.35. The summed E-state index contributed by atoms with van der Waals surface area (Å²) in [6.45, 7) is 7.24. The van der Waals surface area contributed by atoms with Crippen molar-refractivity contribution in [3.05, 3.63) is 42.5 Å². The highest BCUT2D eigenvalue weighted by molar-refractivity contribution is 5.85. The van der Waals surface area contributed by atoms with Crippen molar-refractivity contribution in [2.45, 2.75) is 18.8 Å². The van der Waals surface area contributed by atoms with Gasteiger partial charge in [0, 0.05) is 32.2 Å². The Hall–Kier alpha value is -1.24. The summed E-state index contributed by atoms with van der Waals surface area (Å²) >= 11 is 0. The summed E-state index contributed by atoms with van der Waals surface area (Å²) in [5, 5.41) is 3.26. The standard InChI is InChI=1S/C15H19F3N2O.ClH/c1-2-4-14(20-9-7-19-8-10-20)12-5-3-6-13(11-12)21-15(16,17)18;/h2-3,5-6,11,14,19H,1,4,7-10H2;1H/t14-;/m1./s1. The first-order valence-corrected chi connectivity index (χ1v) is 6.91. The summed E-state index contributed by atoms with van der Waals surface area (Å²) in [5.41, 5.74) is 0.818. The fourth-order valence-electron chi connectivity index (χ4n) is 2.57. The quantitative estimate of drug-likeness (QED) is 0.833. The summed E-state index contributed by atoms with van der Waals surface area (Å²) in [6, 6.07) is 6.23. The van der Waals surface area contributed by atoms with Crippen molar-refractivity contribution in [2.24, 2.45) is 0 Å². The minimum absolute atomic E-state index is 0. The number of nitrogens with zero attached hydrogens (tertiary/aromatic N) is 1. The molecule has 1 saturated heterocycles. The maximum Gasteiger partial charge on any atom is 0.573 e. The van der Waals surface area contributed by atoms with Crippen LogP contribution in [0.1, 0.15) is 18.0 Å². The maximum absolute atomic E-state index is 12.3. The third-order valence-corrected chi connectivity index (χ3v) is 3.46. The topological polar surface area (TPSA) is 24.5 Å². The number of piperazine rings is 1. The van der Waals surface area contributed by atoms with Gasteiger partial charge >= 0.3 is 6.36 Å². The van der Waals surface area contributed by atoms with Crippen LogP contribution in [-0.4, -0.2) is 37.4 Å². The molecule has 1 N–H and O–H groups in total. The van der Waals surface area contributed by atoms with Crippen molar-refractivity contribution in [3.63, 3.8) is 0 Å². The van der Waals surface area contributed by atoms with Crippen molar-refractivity contribution in [1.29, 1.82) is 0 Å². The number of ether oxygens (including phenoxy) is 1. The van der Waals surface area contributed by atoms with Crippen molar-refractivity contribution in [2.75, 3.05) is 26.2 Å². The Morgan fingerprint density at radius 2 is 2.00 bits per heavy atom. The zero-order chi connectivity index (χ0) is 15.3. The molecule has 1 heterocycles. The Labute approximate surface area is 134 Å². The number of hydrogen-bond acceptors (Lipinski definition) is 3. The van der Waals surface area contributed by atoms with Crippen LogP contribution in [-0.2, 0) is 0 Å². The largest absolute Gasteiger partial charge is 0.573 e. The number of hydrogen-bond donors (Lipinski definition) is 1. The lowest BCUT2D eigenvalue weighted by Crippen LogP contribution is -2.45. The fraction of sp³-hybridized carbons (Fsp3) is 0.467. The zero-order valence-corrected chi connectivity index (χ0v) is 12.9. The van der Waals surface area contributed by atoms with Crippen LogP contribution < -0.4 is 10.1 Å². The van der Waals surface area contributed by atoms with Crippen molar-refractivity contribution < 1.29 is 17.9 Å². The molecule has 22 heavy (non-hydrogen) atoms. The van der Waals surface area contributed by atoms with E-state index in [1.807, 2.05) is 6.07 Å². The SMILES string of the molecule is C=CC[C@H](c1cccc(OC(F)(F)F)c1)N1CCNCC1.Cl. The van der Waals surface area contributed by atoms with E-state index in [1.165, 1.54) is 12.1 Å². The maximum atomic E-state index is 12.3. The number of alkyl halides is 3. The van der Waals surface area contributed by atoms with Crippen LogP contribution >= 0.6 is 12.4 Å².